The van der Waals surface area contributed by atoms with E-state index in [1.807, 2.05) is 0 Å². The van der Waals surface area contributed by atoms with E-state index in [1.165, 1.54) is 25.1 Å². The van der Waals surface area contributed by atoms with Gasteiger partial charge in [0, 0.05) is 43.1 Å². The van der Waals surface area contributed by atoms with E-state index in [0.29, 0.717) is 12.1 Å². The van der Waals surface area contributed by atoms with E-state index in [-0.39, 0.29) is 36.0 Å². The van der Waals surface area contributed by atoms with Gasteiger partial charge in [0.1, 0.15) is 5.82 Å². The number of thioether (sulfide) groups is 1. The largest absolute Gasteiger partial charge is 0.326 e. The molecular weight excluding hydrogens is 329 g/mol. The molecule has 5 nitrogen and oxygen atoms in total. The minimum absolute atomic E-state index is 0. The quantitative estimate of drug-likeness (QED) is 0.781. The lowest BCUT2D eigenvalue weighted by Gasteiger charge is -2.22. The second kappa shape index (κ2) is 8.97. The number of hydrogen-bond donors (Lipinski definition) is 3. The number of amides is 2. The fraction of sp³-hybridized carbons (Fsp3) is 0.429. The highest BCUT2D eigenvalue weighted by atomic mass is 35.5. The van der Waals surface area contributed by atoms with E-state index in [2.05, 4.69) is 16.0 Å². The van der Waals surface area contributed by atoms with Gasteiger partial charge in [-0.2, -0.15) is 11.8 Å². The zero-order chi connectivity index (χ0) is 15.2. The Bertz CT molecular complexity index is 539. The van der Waals surface area contributed by atoms with Crippen LogP contribution in [0.1, 0.15) is 13.3 Å². The summed E-state index contributed by atoms with van der Waals surface area (Å²) < 4.78 is 13.7. The highest BCUT2D eigenvalue weighted by molar-refractivity contribution is 7.99. The fourth-order valence-electron chi connectivity index (χ4n) is 2.08. The monoisotopic (exact) mass is 347 g/mol. The SMILES string of the molecule is CC(=O)Nc1ccc(F)c(NC(=O)CC2CSCCN2)c1.Cl. The van der Waals surface area contributed by atoms with Crippen LogP contribution in [0.2, 0.25) is 0 Å². The van der Waals surface area contributed by atoms with Crippen molar-refractivity contribution in [3.63, 3.8) is 0 Å². The molecule has 0 bridgehead atoms. The molecule has 122 valence electrons. The lowest BCUT2D eigenvalue weighted by atomic mass is 10.2. The van der Waals surface area contributed by atoms with Crippen LogP contribution < -0.4 is 16.0 Å². The maximum atomic E-state index is 13.7. The molecular formula is C14H19ClFN3O2S. The molecule has 0 aromatic heterocycles. The summed E-state index contributed by atoms with van der Waals surface area (Å²) in [5.41, 5.74) is 0.528. The third-order valence-corrected chi connectivity index (χ3v) is 4.12. The van der Waals surface area contributed by atoms with Gasteiger partial charge < -0.3 is 16.0 Å². The minimum atomic E-state index is -0.525. The molecule has 0 aliphatic carbocycles. The van der Waals surface area contributed by atoms with Gasteiger partial charge in [0.05, 0.1) is 5.69 Å². The Labute approximate surface area is 139 Å². The Balaban J connectivity index is 0.00000242. The number of benzene rings is 1. The lowest BCUT2D eigenvalue weighted by Crippen LogP contribution is -2.39. The molecule has 0 saturated carbocycles. The number of rotatable bonds is 4. The van der Waals surface area contributed by atoms with Crippen molar-refractivity contribution >= 4 is 47.4 Å². The topological polar surface area (TPSA) is 70.2 Å². The van der Waals surface area contributed by atoms with Crippen LogP contribution in [0.25, 0.3) is 0 Å². The zero-order valence-corrected chi connectivity index (χ0v) is 13.8. The average molecular weight is 348 g/mol. The third-order valence-electron chi connectivity index (χ3n) is 2.99. The second-order valence-corrected chi connectivity index (χ2v) is 6.00. The molecule has 3 N–H and O–H groups in total. The maximum absolute atomic E-state index is 13.7. The number of nitrogens with one attached hydrogen (secondary N) is 3. The van der Waals surface area contributed by atoms with Crippen LogP contribution >= 0.6 is 24.2 Å². The molecule has 1 heterocycles. The first kappa shape index (κ1) is 18.7. The highest BCUT2D eigenvalue weighted by Gasteiger charge is 2.17. The van der Waals surface area contributed by atoms with Crippen molar-refractivity contribution in [2.75, 3.05) is 28.7 Å². The van der Waals surface area contributed by atoms with Crippen molar-refractivity contribution in [3.05, 3.63) is 24.0 Å². The third kappa shape index (κ3) is 5.82. The van der Waals surface area contributed by atoms with E-state index < -0.39 is 5.82 Å². The molecule has 1 aliphatic heterocycles. The summed E-state index contributed by atoms with van der Waals surface area (Å²) >= 11 is 1.80. The van der Waals surface area contributed by atoms with Gasteiger partial charge in [0.15, 0.2) is 0 Å². The van der Waals surface area contributed by atoms with Crippen LogP contribution in [-0.2, 0) is 9.59 Å². The van der Waals surface area contributed by atoms with E-state index in [9.17, 15) is 14.0 Å². The first-order valence-corrected chi connectivity index (χ1v) is 7.88. The predicted molar refractivity (Wildman–Crippen MR) is 90.3 cm³/mol. The second-order valence-electron chi connectivity index (χ2n) is 4.85. The molecule has 22 heavy (non-hydrogen) atoms. The maximum Gasteiger partial charge on any atom is 0.226 e. The molecule has 1 aromatic rings. The smallest absolute Gasteiger partial charge is 0.226 e. The standard InChI is InChI=1S/C14H18FN3O2S.ClH/c1-9(19)17-10-2-3-12(15)13(6-10)18-14(20)7-11-8-21-5-4-16-11;/h2-3,6,11,16H,4-5,7-8H2,1H3,(H,17,19)(H,18,20);1H. The summed E-state index contributed by atoms with van der Waals surface area (Å²) in [7, 11) is 0. The Morgan fingerprint density at radius 1 is 1.41 bits per heavy atom. The first-order chi connectivity index (χ1) is 10.0. The minimum Gasteiger partial charge on any atom is -0.326 e. The Morgan fingerprint density at radius 3 is 2.82 bits per heavy atom. The molecule has 1 unspecified atom stereocenters. The fourth-order valence-corrected chi connectivity index (χ4v) is 3.03. The van der Waals surface area contributed by atoms with E-state index in [1.54, 1.807) is 11.8 Å². The van der Waals surface area contributed by atoms with E-state index in [0.717, 1.165) is 18.1 Å². The Morgan fingerprint density at radius 2 is 2.18 bits per heavy atom. The number of halogens is 2. The van der Waals surface area contributed by atoms with E-state index >= 15 is 0 Å². The van der Waals surface area contributed by atoms with Crippen molar-refractivity contribution in [2.24, 2.45) is 0 Å². The Hall–Kier alpha value is -1.31. The zero-order valence-electron chi connectivity index (χ0n) is 12.1. The molecule has 0 radical (unpaired) electrons. The van der Waals surface area contributed by atoms with Crippen LogP contribution in [0.15, 0.2) is 18.2 Å². The van der Waals surface area contributed by atoms with Crippen LogP contribution in [-0.4, -0.2) is 35.9 Å². The lowest BCUT2D eigenvalue weighted by molar-refractivity contribution is -0.116. The summed E-state index contributed by atoms with van der Waals surface area (Å²) in [6, 6.07) is 4.20. The van der Waals surface area contributed by atoms with Gasteiger partial charge >= 0.3 is 0 Å². The van der Waals surface area contributed by atoms with Crippen LogP contribution in [0.4, 0.5) is 15.8 Å². The van der Waals surface area contributed by atoms with Gasteiger partial charge in [-0.3, -0.25) is 9.59 Å². The van der Waals surface area contributed by atoms with E-state index in [4.69, 9.17) is 0 Å². The first-order valence-electron chi connectivity index (χ1n) is 6.72. The Kier molecular flexibility index (Phi) is 7.64. The molecule has 1 atom stereocenters. The molecule has 1 saturated heterocycles. The predicted octanol–water partition coefficient (Wildman–Crippen LogP) is 2.24. The van der Waals surface area contributed by atoms with Crippen molar-refractivity contribution in [1.82, 2.24) is 5.32 Å². The number of carbonyl (C=O) groups excluding carboxylic acids is 2. The van der Waals surface area contributed by atoms with Gasteiger partial charge in [0.25, 0.3) is 0 Å². The summed E-state index contributed by atoms with van der Waals surface area (Å²) in [6.07, 6.45) is 0.302. The van der Waals surface area contributed by atoms with Gasteiger partial charge in [-0.25, -0.2) is 4.39 Å². The summed E-state index contributed by atoms with van der Waals surface area (Å²) in [5, 5.41) is 8.37. The van der Waals surface area contributed by atoms with Gasteiger partial charge in [0.2, 0.25) is 11.8 Å². The molecule has 2 rings (SSSR count). The molecule has 1 aromatic carbocycles. The van der Waals surface area contributed by atoms with Crippen molar-refractivity contribution in [3.8, 4) is 0 Å². The molecule has 0 spiro atoms. The van der Waals surface area contributed by atoms with Crippen LogP contribution in [0.5, 0.6) is 0 Å². The normalized spacial score (nSPS) is 17.3. The van der Waals surface area contributed by atoms with Crippen molar-refractivity contribution < 1.29 is 14.0 Å². The summed E-state index contributed by atoms with van der Waals surface area (Å²) in [6.45, 7) is 2.25. The van der Waals surface area contributed by atoms with Crippen LogP contribution in [0, 0.1) is 5.82 Å². The van der Waals surface area contributed by atoms with Gasteiger partial charge in [-0.05, 0) is 18.2 Å². The van der Waals surface area contributed by atoms with Crippen LogP contribution in [0.3, 0.4) is 0 Å². The van der Waals surface area contributed by atoms with Gasteiger partial charge in [-0.15, -0.1) is 12.4 Å². The number of anilines is 2. The molecule has 8 heteroatoms. The molecule has 2 amide bonds. The number of hydrogen-bond acceptors (Lipinski definition) is 4. The van der Waals surface area contributed by atoms with Crippen molar-refractivity contribution in [1.29, 1.82) is 0 Å². The summed E-state index contributed by atoms with van der Waals surface area (Å²) in [5.74, 6) is 0.910. The average Bonchev–Trinajstić information content (AvgIpc) is 2.43. The van der Waals surface area contributed by atoms with Gasteiger partial charge in [-0.1, -0.05) is 0 Å². The highest BCUT2D eigenvalue weighted by Crippen LogP contribution is 2.20. The summed E-state index contributed by atoms with van der Waals surface area (Å²) in [4.78, 5) is 22.9. The molecule has 1 fully saturated rings. The molecule has 1 aliphatic rings. The number of carbonyl (C=O) groups is 2. The van der Waals surface area contributed by atoms with Crippen molar-refractivity contribution in [2.45, 2.75) is 19.4 Å².